The Morgan fingerprint density at radius 1 is 1.44 bits per heavy atom. The van der Waals surface area contributed by atoms with Crippen LogP contribution in [0.4, 0.5) is 0 Å². The van der Waals surface area contributed by atoms with E-state index in [2.05, 4.69) is 11.9 Å². The van der Waals surface area contributed by atoms with E-state index in [0.717, 1.165) is 17.1 Å². The van der Waals surface area contributed by atoms with Crippen LogP contribution in [0.2, 0.25) is 0 Å². The standard InChI is InChI=1S/C14H16N2OS/c1-2-8-18-9-7-16-14(17)10-12-3-5-13(11-15)6-4-12/h2-6H,1,7-10H2,(H,16,17). The second-order valence-electron chi connectivity index (χ2n) is 3.70. The average Bonchev–Trinajstić information content (AvgIpc) is 2.39. The molecule has 0 atom stereocenters. The molecule has 1 N–H and O–H groups in total. The van der Waals surface area contributed by atoms with E-state index in [9.17, 15) is 4.79 Å². The zero-order chi connectivity index (χ0) is 13.2. The number of carbonyl (C=O) groups is 1. The summed E-state index contributed by atoms with van der Waals surface area (Å²) in [6.45, 7) is 4.31. The lowest BCUT2D eigenvalue weighted by Crippen LogP contribution is -2.27. The van der Waals surface area contributed by atoms with Gasteiger partial charge in [-0.3, -0.25) is 4.79 Å². The van der Waals surface area contributed by atoms with Crippen LogP contribution in [0.25, 0.3) is 0 Å². The lowest BCUT2D eigenvalue weighted by atomic mass is 10.1. The van der Waals surface area contributed by atoms with E-state index in [1.807, 2.05) is 24.3 Å². The number of amides is 1. The van der Waals surface area contributed by atoms with E-state index in [-0.39, 0.29) is 5.91 Å². The molecule has 1 rings (SSSR count). The quantitative estimate of drug-likeness (QED) is 0.603. The van der Waals surface area contributed by atoms with E-state index < -0.39 is 0 Å². The van der Waals surface area contributed by atoms with Gasteiger partial charge in [-0.25, -0.2) is 0 Å². The van der Waals surface area contributed by atoms with Crippen LogP contribution in [0, 0.1) is 11.3 Å². The summed E-state index contributed by atoms with van der Waals surface area (Å²) in [4.78, 5) is 11.6. The third kappa shape index (κ3) is 5.55. The van der Waals surface area contributed by atoms with Gasteiger partial charge in [0.2, 0.25) is 5.91 Å². The summed E-state index contributed by atoms with van der Waals surface area (Å²) in [5.41, 5.74) is 1.53. The van der Waals surface area contributed by atoms with E-state index in [1.165, 1.54) is 0 Å². The largest absolute Gasteiger partial charge is 0.355 e. The number of carbonyl (C=O) groups excluding carboxylic acids is 1. The molecule has 0 aliphatic rings. The minimum absolute atomic E-state index is 0.0129. The Kier molecular flexibility index (Phi) is 6.67. The van der Waals surface area contributed by atoms with Crippen LogP contribution in [-0.2, 0) is 11.2 Å². The number of nitriles is 1. The SMILES string of the molecule is C=CCSCCNC(=O)Cc1ccc(C#N)cc1. The highest BCUT2D eigenvalue weighted by Gasteiger charge is 2.02. The molecule has 1 aromatic rings. The Morgan fingerprint density at radius 2 is 2.17 bits per heavy atom. The summed E-state index contributed by atoms with van der Waals surface area (Å²) < 4.78 is 0. The highest BCUT2D eigenvalue weighted by molar-refractivity contribution is 7.99. The van der Waals surface area contributed by atoms with Gasteiger partial charge in [0.1, 0.15) is 0 Å². The van der Waals surface area contributed by atoms with Crippen molar-refractivity contribution in [3.05, 3.63) is 48.0 Å². The smallest absolute Gasteiger partial charge is 0.224 e. The first-order chi connectivity index (χ1) is 8.76. The normalized spacial score (nSPS) is 9.50. The number of hydrogen-bond donors (Lipinski definition) is 1. The third-order valence-electron chi connectivity index (χ3n) is 2.25. The summed E-state index contributed by atoms with van der Waals surface area (Å²) >= 11 is 1.74. The molecule has 0 saturated heterocycles. The highest BCUT2D eigenvalue weighted by atomic mass is 32.2. The van der Waals surface area contributed by atoms with Crippen LogP contribution in [0.15, 0.2) is 36.9 Å². The van der Waals surface area contributed by atoms with Gasteiger partial charge < -0.3 is 5.32 Å². The summed E-state index contributed by atoms with van der Waals surface area (Å²) in [5, 5.41) is 11.5. The molecular formula is C14H16N2OS. The van der Waals surface area contributed by atoms with Crippen molar-refractivity contribution in [3.8, 4) is 6.07 Å². The molecule has 0 saturated carbocycles. The zero-order valence-electron chi connectivity index (χ0n) is 10.2. The topological polar surface area (TPSA) is 52.9 Å². The molecule has 0 bridgehead atoms. The summed E-state index contributed by atoms with van der Waals surface area (Å²) in [6, 6.07) is 9.12. The summed E-state index contributed by atoms with van der Waals surface area (Å²) in [7, 11) is 0. The van der Waals surface area contributed by atoms with Crippen molar-refractivity contribution in [3.63, 3.8) is 0 Å². The average molecular weight is 260 g/mol. The first-order valence-corrected chi connectivity index (χ1v) is 6.86. The lowest BCUT2D eigenvalue weighted by molar-refractivity contribution is -0.120. The van der Waals surface area contributed by atoms with Gasteiger partial charge in [0, 0.05) is 18.1 Å². The maximum Gasteiger partial charge on any atom is 0.224 e. The van der Waals surface area contributed by atoms with Crippen LogP contribution in [-0.4, -0.2) is 24.0 Å². The number of benzene rings is 1. The minimum atomic E-state index is 0.0129. The Balaban J connectivity index is 2.27. The summed E-state index contributed by atoms with van der Waals surface area (Å²) in [6.07, 6.45) is 2.21. The number of nitrogens with zero attached hydrogens (tertiary/aromatic N) is 1. The van der Waals surface area contributed by atoms with E-state index >= 15 is 0 Å². The third-order valence-corrected chi connectivity index (χ3v) is 3.22. The maximum atomic E-state index is 11.6. The monoisotopic (exact) mass is 260 g/mol. The molecule has 0 radical (unpaired) electrons. The molecule has 94 valence electrons. The molecular weight excluding hydrogens is 244 g/mol. The number of thioether (sulfide) groups is 1. The van der Waals surface area contributed by atoms with Crippen molar-refractivity contribution < 1.29 is 4.79 Å². The minimum Gasteiger partial charge on any atom is -0.355 e. The zero-order valence-corrected chi connectivity index (χ0v) is 11.0. The molecule has 0 fully saturated rings. The van der Waals surface area contributed by atoms with E-state index in [0.29, 0.717) is 18.5 Å². The first-order valence-electron chi connectivity index (χ1n) is 5.70. The molecule has 18 heavy (non-hydrogen) atoms. The molecule has 3 nitrogen and oxygen atoms in total. The van der Waals surface area contributed by atoms with Crippen molar-refractivity contribution in [1.29, 1.82) is 5.26 Å². The molecule has 0 aliphatic carbocycles. The summed E-state index contributed by atoms with van der Waals surface area (Å²) in [5.74, 6) is 1.82. The Hall–Kier alpha value is -1.73. The molecule has 1 amide bonds. The fourth-order valence-electron chi connectivity index (χ4n) is 1.37. The van der Waals surface area contributed by atoms with Crippen LogP contribution in [0.1, 0.15) is 11.1 Å². The predicted octanol–water partition coefficient (Wildman–Crippen LogP) is 2.14. The van der Waals surface area contributed by atoms with Crippen LogP contribution in [0.5, 0.6) is 0 Å². The predicted molar refractivity (Wildman–Crippen MR) is 75.4 cm³/mol. The molecule has 4 heteroatoms. The maximum absolute atomic E-state index is 11.6. The van der Waals surface area contributed by atoms with E-state index in [1.54, 1.807) is 23.9 Å². The van der Waals surface area contributed by atoms with E-state index in [4.69, 9.17) is 5.26 Å². The van der Waals surface area contributed by atoms with Crippen LogP contribution < -0.4 is 5.32 Å². The van der Waals surface area contributed by atoms with Gasteiger partial charge in [-0.2, -0.15) is 17.0 Å². The molecule has 0 spiro atoms. The number of rotatable bonds is 7. The van der Waals surface area contributed by atoms with Crippen molar-refractivity contribution in [1.82, 2.24) is 5.32 Å². The van der Waals surface area contributed by atoms with Crippen molar-refractivity contribution in [2.45, 2.75) is 6.42 Å². The van der Waals surface area contributed by atoms with Gasteiger partial charge in [-0.15, -0.1) is 6.58 Å². The molecule has 1 aromatic carbocycles. The fourth-order valence-corrected chi connectivity index (χ4v) is 1.95. The lowest BCUT2D eigenvalue weighted by Gasteiger charge is -2.04. The van der Waals surface area contributed by atoms with Crippen molar-refractivity contribution in [2.75, 3.05) is 18.1 Å². The Labute approximate surface area is 112 Å². The molecule has 0 heterocycles. The van der Waals surface area contributed by atoms with Gasteiger partial charge >= 0.3 is 0 Å². The number of hydrogen-bond acceptors (Lipinski definition) is 3. The number of nitrogens with one attached hydrogen (secondary N) is 1. The van der Waals surface area contributed by atoms with Gasteiger partial charge in [0.15, 0.2) is 0 Å². The Morgan fingerprint density at radius 3 is 2.78 bits per heavy atom. The Bertz CT molecular complexity index is 434. The first kappa shape index (κ1) is 14.3. The van der Waals surface area contributed by atoms with Crippen LogP contribution >= 0.6 is 11.8 Å². The van der Waals surface area contributed by atoms with Gasteiger partial charge in [0.05, 0.1) is 18.1 Å². The van der Waals surface area contributed by atoms with Gasteiger partial charge in [-0.1, -0.05) is 18.2 Å². The second-order valence-corrected chi connectivity index (χ2v) is 4.85. The highest BCUT2D eigenvalue weighted by Crippen LogP contribution is 2.04. The van der Waals surface area contributed by atoms with Crippen molar-refractivity contribution >= 4 is 17.7 Å². The molecule has 0 aromatic heterocycles. The second kappa shape index (κ2) is 8.37. The molecule has 0 aliphatic heterocycles. The molecule has 0 unspecified atom stereocenters. The van der Waals surface area contributed by atoms with Crippen molar-refractivity contribution in [2.24, 2.45) is 0 Å². The van der Waals surface area contributed by atoms with Gasteiger partial charge in [-0.05, 0) is 17.7 Å². The van der Waals surface area contributed by atoms with Gasteiger partial charge in [0.25, 0.3) is 0 Å². The van der Waals surface area contributed by atoms with Crippen LogP contribution in [0.3, 0.4) is 0 Å². The fraction of sp³-hybridized carbons (Fsp3) is 0.286.